The van der Waals surface area contributed by atoms with Gasteiger partial charge in [-0.1, -0.05) is 6.07 Å². The molecule has 1 aromatic heterocycles. The molecule has 0 aliphatic heterocycles. The molecule has 0 spiro atoms. The number of halogens is 1. The van der Waals surface area contributed by atoms with Crippen molar-refractivity contribution in [2.75, 3.05) is 34.3 Å². The average Bonchev–Trinajstić information content (AvgIpc) is 2.93. The van der Waals surface area contributed by atoms with Crippen LogP contribution in [0, 0.1) is 0 Å². The van der Waals surface area contributed by atoms with Crippen LogP contribution in [0.1, 0.15) is 11.3 Å². The number of carbonyl (C=O) groups is 1. The van der Waals surface area contributed by atoms with Gasteiger partial charge in [0.1, 0.15) is 0 Å². The second-order valence-electron chi connectivity index (χ2n) is 4.05. The second-order valence-corrected chi connectivity index (χ2v) is 5.08. The predicted octanol–water partition coefficient (Wildman–Crippen LogP) is 1.98. The molecule has 0 aliphatic rings. The first-order valence-corrected chi connectivity index (χ1v) is 7.06. The van der Waals surface area contributed by atoms with E-state index in [0.29, 0.717) is 13.0 Å². The zero-order valence-corrected chi connectivity index (χ0v) is 15.2. The fourth-order valence-electron chi connectivity index (χ4n) is 1.60. The lowest BCUT2D eigenvalue weighted by Crippen LogP contribution is -2.40. The Morgan fingerprint density at radius 2 is 2.30 bits per heavy atom. The fourth-order valence-corrected chi connectivity index (χ4v) is 2.30. The van der Waals surface area contributed by atoms with E-state index in [2.05, 4.69) is 37.5 Å². The molecule has 0 aliphatic carbocycles. The molecule has 0 fully saturated rings. The number of carbonyl (C=O) groups excluding carboxylic acids is 1. The number of rotatable bonds is 6. The summed E-state index contributed by atoms with van der Waals surface area (Å²) in [6.45, 7) is 1.42. The molecule has 1 N–H and O–H groups in total. The van der Waals surface area contributed by atoms with Gasteiger partial charge in [-0.2, -0.15) is 0 Å². The lowest BCUT2D eigenvalue weighted by atomic mass is 10.3. The number of guanidine groups is 1. The molecule has 0 saturated carbocycles. The molecule has 7 heteroatoms. The second kappa shape index (κ2) is 10.9. The summed E-state index contributed by atoms with van der Waals surface area (Å²) in [7, 11) is 5.12. The van der Waals surface area contributed by atoms with Crippen molar-refractivity contribution >= 4 is 47.2 Å². The number of methoxy groups -OCH3 is 1. The van der Waals surface area contributed by atoms with Crippen LogP contribution in [0.5, 0.6) is 0 Å². The van der Waals surface area contributed by atoms with Crippen LogP contribution in [-0.4, -0.2) is 51.1 Å². The highest BCUT2D eigenvalue weighted by atomic mass is 127. The Bertz CT molecular complexity index is 410. The van der Waals surface area contributed by atoms with Crippen molar-refractivity contribution < 1.29 is 9.53 Å². The normalized spacial score (nSPS) is 10.7. The summed E-state index contributed by atoms with van der Waals surface area (Å²) in [5.74, 6) is 0.574. The van der Waals surface area contributed by atoms with Gasteiger partial charge in [0.15, 0.2) is 5.96 Å². The van der Waals surface area contributed by atoms with Gasteiger partial charge in [0.25, 0.3) is 0 Å². The Hall–Kier alpha value is -0.830. The van der Waals surface area contributed by atoms with E-state index in [1.54, 1.807) is 18.4 Å². The largest absolute Gasteiger partial charge is 0.469 e. The van der Waals surface area contributed by atoms with E-state index in [4.69, 9.17) is 0 Å². The van der Waals surface area contributed by atoms with Crippen molar-refractivity contribution in [2.24, 2.45) is 4.99 Å². The topological polar surface area (TPSA) is 53.9 Å². The standard InChI is InChI=1S/C13H21N3O2S.HI/c1-14-13(15-8-6-12(17)18-3)16(2)9-7-11-5-4-10-19-11;/h4-5,10H,6-9H2,1-3H3,(H,14,15);1H. The van der Waals surface area contributed by atoms with Crippen LogP contribution < -0.4 is 5.32 Å². The van der Waals surface area contributed by atoms with Crippen LogP contribution >= 0.6 is 35.3 Å². The maximum Gasteiger partial charge on any atom is 0.307 e. The summed E-state index contributed by atoms with van der Waals surface area (Å²) in [6.07, 6.45) is 1.33. The highest BCUT2D eigenvalue weighted by Gasteiger charge is 2.07. The van der Waals surface area contributed by atoms with Gasteiger partial charge >= 0.3 is 5.97 Å². The average molecular weight is 411 g/mol. The van der Waals surface area contributed by atoms with Crippen LogP contribution in [0.25, 0.3) is 0 Å². The van der Waals surface area contributed by atoms with Gasteiger partial charge in [0, 0.05) is 32.1 Å². The summed E-state index contributed by atoms with van der Waals surface area (Å²) in [6, 6.07) is 4.19. The number of likely N-dealkylation sites (N-methyl/N-ethyl adjacent to an activating group) is 1. The summed E-state index contributed by atoms with van der Waals surface area (Å²) in [4.78, 5) is 18.6. The zero-order valence-electron chi connectivity index (χ0n) is 12.1. The minimum Gasteiger partial charge on any atom is -0.469 e. The maximum absolute atomic E-state index is 11.0. The number of esters is 1. The first-order valence-electron chi connectivity index (χ1n) is 6.18. The summed E-state index contributed by atoms with van der Waals surface area (Å²) < 4.78 is 4.59. The minimum absolute atomic E-state index is 0. The van der Waals surface area contributed by atoms with Crippen molar-refractivity contribution in [3.63, 3.8) is 0 Å². The van der Waals surface area contributed by atoms with Gasteiger partial charge in [-0.25, -0.2) is 0 Å². The molecule has 114 valence electrons. The highest BCUT2D eigenvalue weighted by molar-refractivity contribution is 14.0. The number of thiophene rings is 1. The molecule has 0 bridgehead atoms. The summed E-state index contributed by atoms with van der Waals surface area (Å²) in [5, 5.41) is 5.23. The maximum atomic E-state index is 11.0. The van der Waals surface area contributed by atoms with E-state index in [0.717, 1.165) is 18.9 Å². The lowest BCUT2D eigenvalue weighted by molar-refractivity contribution is -0.140. The van der Waals surface area contributed by atoms with E-state index in [1.807, 2.05) is 7.05 Å². The molecule has 0 atom stereocenters. The van der Waals surface area contributed by atoms with Gasteiger partial charge in [-0.3, -0.25) is 9.79 Å². The lowest BCUT2D eigenvalue weighted by Gasteiger charge is -2.21. The molecule has 5 nitrogen and oxygen atoms in total. The van der Waals surface area contributed by atoms with Crippen LogP contribution in [0.3, 0.4) is 0 Å². The van der Waals surface area contributed by atoms with Crippen LogP contribution in [0.15, 0.2) is 22.5 Å². The van der Waals surface area contributed by atoms with Gasteiger partial charge < -0.3 is 15.0 Å². The van der Waals surface area contributed by atoms with E-state index >= 15 is 0 Å². The van der Waals surface area contributed by atoms with Crippen molar-refractivity contribution in [2.45, 2.75) is 12.8 Å². The van der Waals surface area contributed by atoms with Crippen molar-refractivity contribution in [3.8, 4) is 0 Å². The molecular formula is C13H22IN3O2S. The molecule has 0 amide bonds. The van der Waals surface area contributed by atoms with E-state index in [1.165, 1.54) is 12.0 Å². The third kappa shape index (κ3) is 7.09. The van der Waals surface area contributed by atoms with E-state index < -0.39 is 0 Å². The molecule has 1 heterocycles. The number of hydrogen-bond acceptors (Lipinski definition) is 4. The molecule has 1 rings (SSSR count). The quantitative estimate of drug-likeness (QED) is 0.337. The molecule has 20 heavy (non-hydrogen) atoms. The third-order valence-electron chi connectivity index (χ3n) is 2.69. The van der Waals surface area contributed by atoms with E-state index in [9.17, 15) is 4.79 Å². The summed E-state index contributed by atoms with van der Waals surface area (Å²) >= 11 is 1.76. The molecule has 0 saturated heterocycles. The Morgan fingerprint density at radius 3 is 2.85 bits per heavy atom. The Morgan fingerprint density at radius 1 is 1.55 bits per heavy atom. The Labute approximate surface area is 141 Å². The van der Waals surface area contributed by atoms with E-state index in [-0.39, 0.29) is 29.9 Å². The minimum atomic E-state index is -0.218. The molecule has 0 radical (unpaired) electrons. The molecular weight excluding hydrogens is 389 g/mol. The number of ether oxygens (including phenoxy) is 1. The van der Waals surface area contributed by atoms with Crippen LogP contribution in [-0.2, 0) is 16.0 Å². The van der Waals surface area contributed by atoms with Crippen LogP contribution in [0.4, 0.5) is 0 Å². The number of aliphatic imine (C=N–C) groups is 1. The molecule has 0 unspecified atom stereocenters. The molecule has 1 aromatic rings. The summed E-state index contributed by atoms with van der Waals surface area (Å²) in [5.41, 5.74) is 0. The Balaban J connectivity index is 0.00000361. The Kier molecular flexibility index (Phi) is 10.4. The van der Waals surface area contributed by atoms with Gasteiger partial charge in [-0.05, 0) is 17.9 Å². The number of nitrogens with zero attached hydrogens (tertiary/aromatic N) is 2. The SMILES string of the molecule is CN=C(NCCC(=O)OC)N(C)CCc1cccs1.I. The zero-order chi connectivity index (χ0) is 14.1. The van der Waals surface area contributed by atoms with Gasteiger partial charge in [0.2, 0.25) is 0 Å². The highest BCUT2D eigenvalue weighted by Crippen LogP contribution is 2.09. The van der Waals surface area contributed by atoms with Crippen molar-refractivity contribution in [3.05, 3.63) is 22.4 Å². The monoisotopic (exact) mass is 411 g/mol. The van der Waals surface area contributed by atoms with Crippen molar-refractivity contribution in [1.29, 1.82) is 0 Å². The van der Waals surface area contributed by atoms with Gasteiger partial charge in [-0.15, -0.1) is 35.3 Å². The number of hydrogen-bond donors (Lipinski definition) is 1. The van der Waals surface area contributed by atoms with Crippen molar-refractivity contribution in [1.82, 2.24) is 10.2 Å². The fraction of sp³-hybridized carbons (Fsp3) is 0.538. The molecule has 0 aromatic carbocycles. The predicted molar refractivity (Wildman–Crippen MR) is 94.1 cm³/mol. The number of nitrogens with one attached hydrogen (secondary N) is 1. The first-order chi connectivity index (χ1) is 9.17. The smallest absolute Gasteiger partial charge is 0.307 e. The van der Waals surface area contributed by atoms with Gasteiger partial charge in [0.05, 0.1) is 13.5 Å². The van der Waals surface area contributed by atoms with Crippen LogP contribution in [0.2, 0.25) is 0 Å². The first kappa shape index (κ1) is 19.2. The third-order valence-corrected chi connectivity index (χ3v) is 3.62.